The van der Waals surface area contributed by atoms with Gasteiger partial charge in [-0.2, -0.15) is 0 Å². The molecule has 4 atom stereocenters. The van der Waals surface area contributed by atoms with Gasteiger partial charge in [-0.05, 0) is 42.9 Å². The molecule has 0 bridgehead atoms. The summed E-state index contributed by atoms with van der Waals surface area (Å²) in [5.41, 5.74) is 3.81. The highest BCUT2D eigenvalue weighted by Gasteiger charge is 2.61. The summed E-state index contributed by atoms with van der Waals surface area (Å²) in [6.07, 6.45) is 9.19. The Bertz CT molecular complexity index is 1410. The van der Waals surface area contributed by atoms with E-state index in [9.17, 15) is 19.5 Å². The summed E-state index contributed by atoms with van der Waals surface area (Å²) in [5, 5.41) is 17.3. The SMILES string of the molecule is CN1CCCCC/C=C\[C@H]2C[C@@]2(C(=O)O)NC(=O)[C@@H]2C[C@@H](ON=C3c4ccccc4-c4ccccc43)C=C2C1=O. The van der Waals surface area contributed by atoms with Crippen LogP contribution in [0.1, 0.15) is 49.7 Å². The van der Waals surface area contributed by atoms with Crippen LogP contribution < -0.4 is 5.32 Å². The van der Waals surface area contributed by atoms with Gasteiger partial charge in [0.2, 0.25) is 11.8 Å². The summed E-state index contributed by atoms with van der Waals surface area (Å²) < 4.78 is 0. The first-order valence-electron chi connectivity index (χ1n) is 14.0. The van der Waals surface area contributed by atoms with Crippen LogP contribution in [0, 0.1) is 11.8 Å². The fourth-order valence-electron chi connectivity index (χ4n) is 6.14. The van der Waals surface area contributed by atoms with Gasteiger partial charge in [-0.3, -0.25) is 9.59 Å². The van der Waals surface area contributed by atoms with E-state index in [0.717, 1.165) is 47.9 Å². The number of carbonyl (C=O) groups excluding carboxylic acids is 2. The topological polar surface area (TPSA) is 108 Å². The lowest BCUT2D eigenvalue weighted by molar-refractivity contribution is -0.144. The van der Waals surface area contributed by atoms with E-state index >= 15 is 0 Å². The van der Waals surface area contributed by atoms with Crippen LogP contribution in [0.15, 0.2) is 77.5 Å². The molecule has 0 spiro atoms. The van der Waals surface area contributed by atoms with Gasteiger partial charge in [-0.25, -0.2) is 4.79 Å². The smallest absolute Gasteiger partial charge is 0.330 e. The zero-order chi connectivity index (χ0) is 27.9. The summed E-state index contributed by atoms with van der Waals surface area (Å²) in [6.45, 7) is 0.581. The number of oxime groups is 1. The van der Waals surface area contributed by atoms with Crippen LogP contribution in [0.3, 0.4) is 0 Å². The Morgan fingerprint density at radius 3 is 2.38 bits per heavy atom. The molecule has 2 amide bonds. The number of likely N-dealkylation sites (N-methyl/N-ethyl adjacent to an activating group) is 1. The molecule has 2 N–H and O–H groups in total. The van der Waals surface area contributed by atoms with E-state index < -0.39 is 29.4 Å². The van der Waals surface area contributed by atoms with Crippen LogP contribution in [-0.4, -0.2) is 58.7 Å². The predicted octanol–water partition coefficient (Wildman–Crippen LogP) is 4.30. The Morgan fingerprint density at radius 1 is 1.02 bits per heavy atom. The van der Waals surface area contributed by atoms with Crippen molar-refractivity contribution < 1.29 is 24.3 Å². The third-order valence-corrected chi connectivity index (χ3v) is 8.53. The number of carboxylic acid groups (broad SMARTS) is 1. The molecule has 0 unspecified atom stereocenters. The lowest BCUT2D eigenvalue weighted by atomic mass is 9.98. The van der Waals surface area contributed by atoms with Crippen molar-refractivity contribution in [1.29, 1.82) is 0 Å². The van der Waals surface area contributed by atoms with Gasteiger partial charge in [-0.1, -0.05) is 72.3 Å². The van der Waals surface area contributed by atoms with Gasteiger partial charge in [0.25, 0.3) is 0 Å². The van der Waals surface area contributed by atoms with E-state index in [-0.39, 0.29) is 18.2 Å². The third-order valence-electron chi connectivity index (χ3n) is 8.53. The highest BCUT2D eigenvalue weighted by Crippen LogP contribution is 2.46. The molecule has 4 aliphatic rings. The fraction of sp³-hybridized carbons (Fsp3) is 0.375. The van der Waals surface area contributed by atoms with Crippen molar-refractivity contribution in [3.05, 3.63) is 83.5 Å². The number of nitrogens with one attached hydrogen (secondary N) is 1. The first-order chi connectivity index (χ1) is 19.4. The monoisotopic (exact) mass is 539 g/mol. The summed E-state index contributed by atoms with van der Waals surface area (Å²) in [6, 6.07) is 16.0. The van der Waals surface area contributed by atoms with E-state index in [1.807, 2.05) is 48.6 Å². The molecule has 8 heteroatoms. The first kappa shape index (κ1) is 26.0. The molecule has 0 radical (unpaired) electrons. The molecule has 8 nitrogen and oxygen atoms in total. The van der Waals surface area contributed by atoms with Gasteiger partial charge < -0.3 is 20.2 Å². The lowest BCUT2D eigenvalue weighted by Crippen LogP contribution is -2.48. The minimum atomic E-state index is -1.33. The van der Waals surface area contributed by atoms with Crippen molar-refractivity contribution in [3.63, 3.8) is 0 Å². The summed E-state index contributed by atoms with van der Waals surface area (Å²) in [5.74, 6) is -2.83. The Balaban J connectivity index is 1.28. The number of benzene rings is 2. The molecule has 0 saturated heterocycles. The Morgan fingerprint density at radius 2 is 1.70 bits per heavy atom. The molecular weight excluding hydrogens is 506 g/mol. The Hall–Kier alpha value is -4.20. The van der Waals surface area contributed by atoms with E-state index in [1.54, 1.807) is 18.0 Å². The summed E-state index contributed by atoms with van der Waals surface area (Å²) in [7, 11) is 1.74. The summed E-state index contributed by atoms with van der Waals surface area (Å²) >= 11 is 0. The second-order valence-electron chi connectivity index (χ2n) is 11.2. The van der Waals surface area contributed by atoms with Crippen LogP contribution in [0.2, 0.25) is 0 Å². The maximum atomic E-state index is 13.6. The van der Waals surface area contributed by atoms with Crippen molar-refractivity contribution in [2.45, 2.75) is 50.2 Å². The second-order valence-corrected chi connectivity index (χ2v) is 11.2. The molecule has 3 aliphatic carbocycles. The van der Waals surface area contributed by atoms with E-state index in [1.165, 1.54) is 0 Å². The van der Waals surface area contributed by atoms with Gasteiger partial charge in [0.1, 0.15) is 17.4 Å². The number of rotatable bonds is 3. The minimum absolute atomic E-state index is 0.205. The molecule has 40 heavy (non-hydrogen) atoms. The molecule has 0 aromatic heterocycles. The number of nitrogens with zero attached hydrogens (tertiary/aromatic N) is 2. The number of aliphatic carboxylic acids is 1. The molecule has 206 valence electrons. The fourth-order valence-corrected chi connectivity index (χ4v) is 6.14. The van der Waals surface area contributed by atoms with Crippen molar-refractivity contribution in [2.24, 2.45) is 17.0 Å². The molecule has 1 aliphatic heterocycles. The van der Waals surface area contributed by atoms with E-state index in [4.69, 9.17) is 4.84 Å². The average Bonchev–Trinajstić information content (AvgIpc) is 3.33. The van der Waals surface area contributed by atoms with Crippen LogP contribution >= 0.6 is 0 Å². The van der Waals surface area contributed by atoms with Gasteiger partial charge in [0.05, 0.1) is 5.92 Å². The molecule has 1 fully saturated rings. The lowest BCUT2D eigenvalue weighted by Gasteiger charge is -2.23. The maximum Gasteiger partial charge on any atom is 0.330 e. The van der Waals surface area contributed by atoms with E-state index in [0.29, 0.717) is 24.3 Å². The standard InChI is InChI=1S/C32H33N3O5/c1-35-16-10-4-2-3-5-11-20-19-32(20,31(38)39)33-29(36)26-17-21(18-27(26)30(35)37)40-34-28-24-14-8-6-12-22(24)23-13-7-9-15-25(23)28/h5-9,11-15,18,20-21,26H,2-4,10,16-17,19H2,1H3,(H,33,36)(H,38,39)/b11-5-/t20-,21+,26+,32+/m0/s1. The van der Waals surface area contributed by atoms with Crippen molar-refractivity contribution in [1.82, 2.24) is 10.2 Å². The van der Waals surface area contributed by atoms with Crippen LogP contribution in [-0.2, 0) is 19.2 Å². The molecule has 6 rings (SSSR count). The van der Waals surface area contributed by atoms with Crippen molar-refractivity contribution in [2.75, 3.05) is 13.6 Å². The number of carbonyl (C=O) groups is 3. The molecule has 2 aromatic rings. The molecule has 1 saturated carbocycles. The number of fused-ring (bicyclic) bond motifs is 5. The second kappa shape index (κ2) is 10.4. The number of amides is 2. The van der Waals surface area contributed by atoms with Gasteiger partial charge in [0, 0.05) is 42.6 Å². The zero-order valence-corrected chi connectivity index (χ0v) is 22.5. The van der Waals surface area contributed by atoms with Gasteiger partial charge in [0.15, 0.2) is 0 Å². The summed E-state index contributed by atoms with van der Waals surface area (Å²) in [4.78, 5) is 46.9. The zero-order valence-electron chi connectivity index (χ0n) is 22.5. The Kier molecular flexibility index (Phi) is 6.78. The Labute approximate surface area is 233 Å². The number of hydrogen-bond acceptors (Lipinski definition) is 5. The molecule has 1 heterocycles. The van der Waals surface area contributed by atoms with Gasteiger partial charge >= 0.3 is 5.97 Å². The highest BCUT2D eigenvalue weighted by molar-refractivity contribution is 6.24. The van der Waals surface area contributed by atoms with Crippen molar-refractivity contribution >= 4 is 23.5 Å². The van der Waals surface area contributed by atoms with Crippen molar-refractivity contribution in [3.8, 4) is 11.1 Å². The van der Waals surface area contributed by atoms with E-state index in [2.05, 4.69) is 22.6 Å². The highest BCUT2D eigenvalue weighted by atomic mass is 16.6. The first-order valence-corrected chi connectivity index (χ1v) is 14.0. The number of carboxylic acids is 1. The quantitative estimate of drug-likeness (QED) is 0.381. The predicted molar refractivity (Wildman–Crippen MR) is 150 cm³/mol. The maximum absolute atomic E-state index is 13.6. The normalized spacial score (nSPS) is 28.5. The largest absolute Gasteiger partial charge is 0.479 e. The van der Waals surface area contributed by atoms with Crippen LogP contribution in [0.25, 0.3) is 11.1 Å². The van der Waals surface area contributed by atoms with Crippen LogP contribution in [0.4, 0.5) is 0 Å². The number of allylic oxidation sites excluding steroid dienone is 1. The number of hydrogen-bond donors (Lipinski definition) is 2. The third kappa shape index (κ3) is 4.61. The van der Waals surface area contributed by atoms with Crippen LogP contribution in [0.5, 0.6) is 0 Å². The molecular formula is C32H33N3O5. The average molecular weight is 540 g/mol. The van der Waals surface area contributed by atoms with Gasteiger partial charge in [-0.15, -0.1) is 0 Å². The molecule has 2 aromatic carbocycles. The minimum Gasteiger partial charge on any atom is -0.479 e.